The van der Waals surface area contributed by atoms with E-state index in [9.17, 15) is 0 Å². The summed E-state index contributed by atoms with van der Waals surface area (Å²) in [4.78, 5) is 6.98. The minimum atomic E-state index is 0.689. The van der Waals surface area contributed by atoms with Gasteiger partial charge in [-0.3, -0.25) is 4.90 Å². The molecule has 1 aliphatic rings. The summed E-state index contributed by atoms with van der Waals surface area (Å²) in [7, 11) is 0. The van der Waals surface area contributed by atoms with Gasteiger partial charge in [0, 0.05) is 43.3 Å². The normalized spacial score (nSPS) is 17.9. The third-order valence-electron chi connectivity index (χ3n) is 6.15. The molecule has 5 nitrogen and oxygen atoms in total. The molecule has 3 aromatic rings. The Hall–Kier alpha value is -2.40. The van der Waals surface area contributed by atoms with Crippen molar-refractivity contribution in [2.75, 3.05) is 13.1 Å². The Morgan fingerprint density at radius 3 is 2.68 bits per heavy atom. The highest BCUT2D eigenvalue weighted by Crippen LogP contribution is 2.25. The van der Waals surface area contributed by atoms with Gasteiger partial charge in [0.2, 0.25) is 0 Å². The summed E-state index contributed by atoms with van der Waals surface area (Å²) < 4.78 is 4.41. The molecule has 1 aliphatic heterocycles. The van der Waals surface area contributed by atoms with Crippen LogP contribution in [0.25, 0.3) is 5.69 Å². The first kappa shape index (κ1) is 18.9. The third-order valence-corrected chi connectivity index (χ3v) is 6.15. The van der Waals surface area contributed by atoms with Crippen molar-refractivity contribution in [3.8, 4) is 5.69 Å². The lowest BCUT2D eigenvalue weighted by Crippen LogP contribution is -2.36. The molecule has 148 valence electrons. The minimum absolute atomic E-state index is 0.689. The Morgan fingerprint density at radius 1 is 1.11 bits per heavy atom. The fourth-order valence-corrected chi connectivity index (χ4v) is 4.48. The first-order valence-corrected chi connectivity index (χ1v) is 10.3. The second-order valence-electron chi connectivity index (χ2n) is 8.22. The Balaban J connectivity index is 1.50. The molecule has 0 bridgehead atoms. The molecule has 28 heavy (non-hydrogen) atoms. The fourth-order valence-electron chi connectivity index (χ4n) is 4.48. The molecule has 0 amide bonds. The third kappa shape index (κ3) is 3.76. The largest absolute Gasteiger partial charge is 0.335 e. The zero-order chi connectivity index (χ0) is 19.7. The maximum atomic E-state index is 4.88. The monoisotopic (exact) mass is 377 g/mol. The summed E-state index contributed by atoms with van der Waals surface area (Å²) in [5.41, 5.74) is 6.23. The Kier molecular flexibility index (Phi) is 5.36. The number of hydrogen-bond donors (Lipinski definition) is 0. The molecule has 0 N–H and O–H groups in total. The van der Waals surface area contributed by atoms with Crippen molar-refractivity contribution < 1.29 is 0 Å². The SMILES string of the molecule is Cc1ccccc1-n1nc(C)c(CN2CCC[C@H](Cn3ccnc3C)C2)c1C. The molecule has 0 spiro atoms. The van der Waals surface area contributed by atoms with E-state index in [1.54, 1.807) is 0 Å². The van der Waals surface area contributed by atoms with E-state index in [0.29, 0.717) is 5.92 Å². The first-order valence-electron chi connectivity index (χ1n) is 10.3. The highest BCUT2D eigenvalue weighted by molar-refractivity contribution is 5.42. The average Bonchev–Trinajstić information content (AvgIpc) is 3.20. The standard InChI is InChI=1S/C23H31N5/c1-17-8-5-6-10-23(17)28-19(3)22(18(2)25-28)16-26-12-7-9-21(14-26)15-27-13-11-24-20(27)4/h5-6,8,10-11,13,21H,7,9,12,14-16H2,1-4H3/t21-/m0/s1. The second kappa shape index (κ2) is 7.92. The van der Waals surface area contributed by atoms with E-state index in [1.807, 2.05) is 6.20 Å². The first-order chi connectivity index (χ1) is 13.5. The predicted octanol–water partition coefficient (Wildman–Crippen LogP) is 4.21. The molecule has 3 heterocycles. The van der Waals surface area contributed by atoms with Gasteiger partial charge in [-0.05, 0) is 64.6 Å². The topological polar surface area (TPSA) is 38.9 Å². The van der Waals surface area contributed by atoms with E-state index in [4.69, 9.17) is 5.10 Å². The number of aromatic nitrogens is 4. The zero-order valence-electron chi connectivity index (χ0n) is 17.5. The quantitative estimate of drug-likeness (QED) is 0.668. The van der Waals surface area contributed by atoms with Crippen LogP contribution in [-0.4, -0.2) is 37.3 Å². The number of piperidine rings is 1. The molecule has 0 unspecified atom stereocenters. The Labute approximate surface area is 168 Å². The van der Waals surface area contributed by atoms with Gasteiger partial charge in [0.15, 0.2) is 0 Å². The molecule has 2 aromatic heterocycles. The molecule has 0 saturated carbocycles. The molecule has 1 atom stereocenters. The van der Waals surface area contributed by atoms with Crippen molar-refractivity contribution in [3.63, 3.8) is 0 Å². The fraction of sp³-hybridized carbons (Fsp3) is 0.478. The maximum absolute atomic E-state index is 4.88. The molecular weight excluding hydrogens is 346 g/mol. The molecule has 1 fully saturated rings. The van der Waals surface area contributed by atoms with E-state index >= 15 is 0 Å². The summed E-state index contributed by atoms with van der Waals surface area (Å²) in [5, 5.41) is 4.88. The number of para-hydroxylation sites is 1. The lowest BCUT2D eigenvalue weighted by atomic mass is 9.97. The molecule has 0 aliphatic carbocycles. The van der Waals surface area contributed by atoms with Crippen molar-refractivity contribution in [3.05, 3.63) is 65.0 Å². The predicted molar refractivity (Wildman–Crippen MR) is 113 cm³/mol. The molecule has 1 saturated heterocycles. The summed E-state index contributed by atoms with van der Waals surface area (Å²) >= 11 is 0. The van der Waals surface area contributed by atoms with Crippen LogP contribution in [-0.2, 0) is 13.1 Å². The maximum Gasteiger partial charge on any atom is 0.105 e. The van der Waals surface area contributed by atoms with Crippen LogP contribution in [0.4, 0.5) is 0 Å². The molecule has 5 heteroatoms. The van der Waals surface area contributed by atoms with E-state index in [0.717, 1.165) is 31.2 Å². The number of hydrogen-bond acceptors (Lipinski definition) is 3. The van der Waals surface area contributed by atoms with Crippen molar-refractivity contribution in [2.45, 2.75) is 53.6 Å². The average molecular weight is 378 g/mol. The number of benzene rings is 1. The summed E-state index contributed by atoms with van der Waals surface area (Å²) in [6, 6.07) is 8.48. The van der Waals surface area contributed by atoms with Gasteiger partial charge in [-0.25, -0.2) is 9.67 Å². The van der Waals surface area contributed by atoms with E-state index < -0.39 is 0 Å². The van der Waals surface area contributed by atoms with Crippen molar-refractivity contribution in [1.29, 1.82) is 0 Å². The number of likely N-dealkylation sites (tertiary alicyclic amines) is 1. The molecule has 4 rings (SSSR count). The molecular formula is C23H31N5. The Bertz CT molecular complexity index is 952. The zero-order valence-corrected chi connectivity index (χ0v) is 17.5. The van der Waals surface area contributed by atoms with Gasteiger partial charge in [0.05, 0.1) is 11.4 Å². The van der Waals surface area contributed by atoms with Crippen LogP contribution in [0, 0.1) is 33.6 Å². The lowest BCUT2D eigenvalue weighted by Gasteiger charge is -2.33. The van der Waals surface area contributed by atoms with Crippen molar-refractivity contribution in [2.24, 2.45) is 5.92 Å². The van der Waals surface area contributed by atoms with Crippen molar-refractivity contribution >= 4 is 0 Å². The van der Waals surface area contributed by atoms with Crippen LogP contribution in [0.1, 0.15) is 41.2 Å². The van der Waals surface area contributed by atoms with Crippen LogP contribution in [0.3, 0.4) is 0 Å². The molecule has 1 aromatic carbocycles. The second-order valence-corrected chi connectivity index (χ2v) is 8.22. The highest BCUT2D eigenvalue weighted by atomic mass is 15.3. The van der Waals surface area contributed by atoms with Gasteiger partial charge in [0.1, 0.15) is 5.82 Å². The van der Waals surface area contributed by atoms with Gasteiger partial charge in [0.25, 0.3) is 0 Å². The smallest absolute Gasteiger partial charge is 0.105 e. The summed E-state index contributed by atoms with van der Waals surface area (Å²) in [6.45, 7) is 13.0. The van der Waals surface area contributed by atoms with Gasteiger partial charge < -0.3 is 4.57 Å². The van der Waals surface area contributed by atoms with Crippen LogP contribution < -0.4 is 0 Å². The number of aryl methyl sites for hydroxylation is 3. The van der Waals surface area contributed by atoms with Crippen LogP contribution in [0.5, 0.6) is 0 Å². The van der Waals surface area contributed by atoms with Crippen LogP contribution >= 0.6 is 0 Å². The van der Waals surface area contributed by atoms with Gasteiger partial charge in [-0.2, -0.15) is 5.10 Å². The minimum Gasteiger partial charge on any atom is -0.335 e. The number of rotatable bonds is 5. The summed E-state index contributed by atoms with van der Waals surface area (Å²) in [6.07, 6.45) is 6.58. The highest BCUT2D eigenvalue weighted by Gasteiger charge is 2.23. The summed E-state index contributed by atoms with van der Waals surface area (Å²) in [5.74, 6) is 1.80. The lowest BCUT2D eigenvalue weighted by molar-refractivity contribution is 0.155. The number of imidazole rings is 1. The van der Waals surface area contributed by atoms with Crippen LogP contribution in [0.15, 0.2) is 36.7 Å². The van der Waals surface area contributed by atoms with E-state index in [-0.39, 0.29) is 0 Å². The van der Waals surface area contributed by atoms with Gasteiger partial charge >= 0.3 is 0 Å². The van der Waals surface area contributed by atoms with Gasteiger partial charge in [-0.15, -0.1) is 0 Å². The Morgan fingerprint density at radius 2 is 1.93 bits per heavy atom. The number of nitrogens with zero attached hydrogens (tertiary/aromatic N) is 5. The van der Waals surface area contributed by atoms with Crippen molar-refractivity contribution in [1.82, 2.24) is 24.2 Å². The van der Waals surface area contributed by atoms with Crippen LogP contribution in [0.2, 0.25) is 0 Å². The van der Waals surface area contributed by atoms with E-state index in [2.05, 4.69) is 77.3 Å². The van der Waals surface area contributed by atoms with E-state index in [1.165, 1.54) is 41.9 Å². The van der Waals surface area contributed by atoms with Gasteiger partial charge in [-0.1, -0.05) is 18.2 Å². The molecule has 0 radical (unpaired) electrons.